The van der Waals surface area contributed by atoms with Gasteiger partial charge in [0, 0.05) is 33.4 Å². The lowest BCUT2D eigenvalue weighted by Gasteiger charge is -2.17. The number of hydrogen-bond acceptors (Lipinski definition) is 8. The summed E-state index contributed by atoms with van der Waals surface area (Å²) < 4.78 is 10.6. The Balaban J connectivity index is 2.34. The van der Waals surface area contributed by atoms with Gasteiger partial charge in [-0.3, -0.25) is 10.1 Å². The maximum absolute atomic E-state index is 11.1. The van der Waals surface area contributed by atoms with Crippen LogP contribution in [0.15, 0.2) is 12.1 Å². The smallest absolute Gasteiger partial charge is 0.311 e. The van der Waals surface area contributed by atoms with E-state index in [1.807, 2.05) is 0 Å². The molecule has 1 saturated heterocycles. The molecule has 1 aromatic rings. The lowest BCUT2D eigenvalue weighted by molar-refractivity contribution is -0.384. The molecule has 0 aliphatic carbocycles. The molecule has 3 N–H and O–H groups in total. The first-order valence-electron chi connectivity index (χ1n) is 6.03. The van der Waals surface area contributed by atoms with Crippen molar-refractivity contribution >= 4 is 17.3 Å². The van der Waals surface area contributed by atoms with Crippen LogP contribution in [0.2, 0.25) is 0 Å². The second-order valence-electron chi connectivity index (χ2n) is 4.39. The number of rotatable bonds is 5. The number of ether oxygens (including phenoxy) is 2. The summed E-state index contributed by atoms with van der Waals surface area (Å²) in [6.07, 6.45) is -0.313. The zero-order valence-corrected chi connectivity index (χ0v) is 11.3. The molecule has 9 nitrogen and oxygen atoms in total. The predicted molar refractivity (Wildman–Crippen MR) is 72.5 cm³/mol. The first-order valence-corrected chi connectivity index (χ1v) is 6.03. The molecule has 1 fully saturated rings. The highest BCUT2D eigenvalue weighted by Gasteiger charge is 2.36. The topological polar surface area (TPSA) is 116 Å². The molecular weight excluding hydrogens is 266 g/mol. The van der Waals surface area contributed by atoms with Crippen LogP contribution in [0.5, 0.6) is 0 Å². The zero-order valence-electron chi connectivity index (χ0n) is 11.3. The molecule has 2 atom stereocenters. The van der Waals surface area contributed by atoms with Crippen LogP contribution in [-0.4, -0.2) is 49.4 Å². The number of nitrogen functional groups attached to an aromatic ring is 1. The first-order chi connectivity index (χ1) is 9.60. The maximum Gasteiger partial charge on any atom is 0.311 e. The lowest BCUT2D eigenvalue weighted by Crippen LogP contribution is -2.27. The van der Waals surface area contributed by atoms with Gasteiger partial charge in [0.15, 0.2) is 0 Å². The van der Waals surface area contributed by atoms with E-state index in [1.165, 1.54) is 12.1 Å². The lowest BCUT2D eigenvalue weighted by atomic mass is 10.3. The fourth-order valence-corrected chi connectivity index (χ4v) is 2.27. The van der Waals surface area contributed by atoms with Gasteiger partial charge in [-0.25, -0.2) is 10.8 Å². The summed E-state index contributed by atoms with van der Waals surface area (Å²) in [5, 5.41) is 11.1. The standard InChI is InChI=1S/C11H17N5O4/c1-19-8-5-15(6-9(8)20-2)11-7(16(17)18)3-4-10(13-11)14-12/h3-4,8-9H,5-6,12H2,1-2H3,(H,13,14). The molecule has 2 unspecified atom stereocenters. The number of methoxy groups -OCH3 is 2. The average molecular weight is 283 g/mol. The summed E-state index contributed by atoms with van der Waals surface area (Å²) >= 11 is 0. The molecular formula is C11H17N5O4. The van der Waals surface area contributed by atoms with Crippen LogP contribution in [0.4, 0.5) is 17.3 Å². The number of hydrogen-bond donors (Lipinski definition) is 2. The molecule has 0 radical (unpaired) electrons. The fraction of sp³-hybridized carbons (Fsp3) is 0.545. The second kappa shape index (κ2) is 5.99. The van der Waals surface area contributed by atoms with Crippen molar-refractivity contribution in [3.8, 4) is 0 Å². The number of anilines is 2. The maximum atomic E-state index is 11.1. The van der Waals surface area contributed by atoms with Gasteiger partial charge in [0.1, 0.15) is 18.0 Å². The van der Waals surface area contributed by atoms with Crippen LogP contribution in [0.3, 0.4) is 0 Å². The monoisotopic (exact) mass is 283 g/mol. The van der Waals surface area contributed by atoms with Gasteiger partial charge < -0.3 is 19.8 Å². The Hall–Kier alpha value is -1.97. The number of pyridine rings is 1. The van der Waals surface area contributed by atoms with Crippen LogP contribution in [0, 0.1) is 10.1 Å². The van der Waals surface area contributed by atoms with Crippen LogP contribution >= 0.6 is 0 Å². The van der Waals surface area contributed by atoms with Crippen LogP contribution in [0.25, 0.3) is 0 Å². The fourth-order valence-electron chi connectivity index (χ4n) is 2.27. The van der Waals surface area contributed by atoms with Gasteiger partial charge in [0.2, 0.25) is 5.82 Å². The second-order valence-corrected chi connectivity index (χ2v) is 4.39. The average Bonchev–Trinajstić information content (AvgIpc) is 2.89. The van der Waals surface area contributed by atoms with Crippen molar-refractivity contribution in [2.24, 2.45) is 5.84 Å². The quantitative estimate of drug-likeness (QED) is 0.445. The van der Waals surface area contributed by atoms with Crippen molar-refractivity contribution in [2.75, 3.05) is 37.6 Å². The van der Waals surface area contributed by atoms with Gasteiger partial charge in [0.05, 0.1) is 4.92 Å². The predicted octanol–water partition coefficient (Wildman–Crippen LogP) is 0.125. The molecule has 1 aliphatic heterocycles. The number of nitrogens with zero attached hydrogens (tertiary/aromatic N) is 3. The molecule has 1 aliphatic rings. The zero-order chi connectivity index (χ0) is 14.7. The summed E-state index contributed by atoms with van der Waals surface area (Å²) in [5.74, 6) is 5.92. The number of hydrazine groups is 1. The molecule has 0 aromatic carbocycles. The van der Waals surface area contributed by atoms with Crippen LogP contribution < -0.4 is 16.2 Å². The third-order valence-corrected chi connectivity index (χ3v) is 3.32. The van der Waals surface area contributed by atoms with E-state index in [9.17, 15) is 10.1 Å². The van der Waals surface area contributed by atoms with E-state index >= 15 is 0 Å². The van der Waals surface area contributed by atoms with E-state index in [4.69, 9.17) is 15.3 Å². The van der Waals surface area contributed by atoms with E-state index < -0.39 is 4.92 Å². The summed E-state index contributed by atoms with van der Waals surface area (Å²) in [4.78, 5) is 16.6. The van der Waals surface area contributed by atoms with Crippen molar-refractivity contribution in [3.05, 3.63) is 22.2 Å². The minimum absolute atomic E-state index is 0.0735. The molecule has 0 amide bonds. The minimum atomic E-state index is -0.468. The molecule has 0 bridgehead atoms. The summed E-state index contributed by atoms with van der Waals surface area (Å²) in [7, 11) is 3.17. The Bertz CT molecular complexity index is 486. The molecule has 0 spiro atoms. The first kappa shape index (κ1) is 14.4. The molecule has 1 aromatic heterocycles. The molecule has 110 valence electrons. The van der Waals surface area contributed by atoms with Crippen molar-refractivity contribution in [1.82, 2.24) is 4.98 Å². The Morgan fingerprint density at radius 1 is 1.40 bits per heavy atom. The van der Waals surface area contributed by atoms with E-state index in [2.05, 4.69) is 10.4 Å². The number of aromatic nitrogens is 1. The van der Waals surface area contributed by atoms with Gasteiger partial charge in [-0.1, -0.05) is 0 Å². The van der Waals surface area contributed by atoms with E-state index in [0.29, 0.717) is 18.9 Å². The van der Waals surface area contributed by atoms with Crippen LogP contribution in [-0.2, 0) is 9.47 Å². The third kappa shape index (κ3) is 2.64. The number of nitrogens with one attached hydrogen (secondary N) is 1. The Kier molecular flexibility index (Phi) is 4.32. The minimum Gasteiger partial charge on any atom is -0.377 e. The van der Waals surface area contributed by atoms with Gasteiger partial charge in [-0.2, -0.15) is 0 Å². The van der Waals surface area contributed by atoms with Gasteiger partial charge >= 0.3 is 5.69 Å². The summed E-state index contributed by atoms with van der Waals surface area (Å²) in [6.45, 7) is 0.938. The Morgan fingerprint density at radius 3 is 2.45 bits per heavy atom. The molecule has 20 heavy (non-hydrogen) atoms. The van der Waals surface area contributed by atoms with Gasteiger partial charge in [-0.05, 0) is 6.07 Å². The highest BCUT2D eigenvalue weighted by atomic mass is 16.6. The summed E-state index contributed by atoms with van der Waals surface area (Å²) in [6, 6.07) is 2.83. The highest BCUT2D eigenvalue weighted by Crippen LogP contribution is 2.31. The van der Waals surface area contributed by atoms with Crippen molar-refractivity contribution in [3.63, 3.8) is 0 Å². The summed E-state index contributed by atoms with van der Waals surface area (Å²) in [5.41, 5.74) is 2.31. The molecule has 2 heterocycles. The van der Waals surface area contributed by atoms with E-state index in [0.717, 1.165) is 0 Å². The SMILES string of the molecule is COC1CN(c2nc(NN)ccc2[N+](=O)[O-])CC1OC. The van der Waals surface area contributed by atoms with Crippen molar-refractivity contribution < 1.29 is 14.4 Å². The normalized spacial score (nSPS) is 22.1. The highest BCUT2D eigenvalue weighted by molar-refractivity contribution is 5.62. The van der Waals surface area contributed by atoms with E-state index in [1.54, 1.807) is 19.1 Å². The van der Waals surface area contributed by atoms with Gasteiger partial charge in [-0.15, -0.1) is 0 Å². The molecule has 9 heteroatoms. The van der Waals surface area contributed by atoms with E-state index in [-0.39, 0.29) is 23.7 Å². The largest absolute Gasteiger partial charge is 0.377 e. The van der Waals surface area contributed by atoms with Crippen molar-refractivity contribution in [1.29, 1.82) is 0 Å². The molecule has 2 rings (SSSR count). The number of nitrogens with two attached hydrogens (primary N) is 1. The van der Waals surface area contributed by atoms with Gasteiger partial charge in [0.25, 0.3) is 0 Å². The number of nitro groups is 1. The van der Waals surface area contributed by atoms with Crippen LogP contribution in [0.1, 0.15) is 0 Å². The Morgan fingerprint density at radius 2 is 2.00 bits per heavy atom. The third-order valence-electron chi connectivity index (χ3n) is 3.32. The molecule has 0 saturated carbocycles. The van der Waals surface area contributed by atoms with Crippen molar-refractivity contribution in [2.45, 2.75) is 12.2 Å². The Labute approximate surface area is 115 Å².